The van der Waals surface area contributed by atoms with Gasteiger partial charge in [0.1, 0.15) is 18.0 Å². The monoisotopic (exact) mass is 427 g/mol. The van der Waals surface area contributed by atoms with Crippen molar-refractivity contribution in [2.24, 2.45) is 0 Å². The molecule has 1 amide bonds. The third kappa shape index (κ3) is 3.61. The molecule has 5 nitrogen and oxygen atoms in total. The number of carbonyl (C=O) groups is 1. The van der Waals surface area contributed by atoms with Gasteiger partial charge in [0.05, 0.1) is 6.61 Å². The van der Waals surface area contributed by atoms with Gasteiger partial charge in [-0.2, -0.15) is 4.31 Å². The van der Waals surface area contributed by atoms with E-state index in [0.29, 0.717) is 4.47 Å². The molecule has 1 fully saturated rings. The number of carbonyl (C=O) groups excluding carboxylic acids is 1. The van der Waals surface area contributed by atoms with E-state index in [1.54, 1.807) is 31.2 Å². The Morgan fingerprint density at radius 1 is 1.36 bits per heavy atom. The molecule has 2 aromatic carbocycles. The summed E-state index contributed by atoms with van der Waals surface area (Å²) in [4.78, 5) is 12.5. The maximum Gasteiger partial charge on any atom is 0.424 e. The molecule has 0 bridgehead atoms. The molecule has 8 heteroatoms. The Morgan fingerprint density at radius 3 is 2.80 bits per heavy atom. The molecule has 1 aliphatic heterocycles. The number of nitrogens with zero attached hydrogens (tertiary/aromatic N) is 1. The van der Waals surface area contributed by atoms with Gasteiger partial charge in [0, 0.05) is 10.0 Å². The summed E-state index contributed by atoms with van der Waals surface area (Å²) in [5.41, 5.74) is -0.256. The fraction of sp³-hybridized carbons (Fsp3) is 0.235. The Bertz CT molecular complexity index is 820. The second-order valence-electron chi connectivity index (χ2n) is 5.71. The van der Waals surface area contributed by atoms with Crippen molar-refractivity contribution >= 4 is 33.3 Å². The van der Waals surface area contributed by atoms with Crippen molar-refractivity contribution in [1.29, 1.82) is 0 Å². The second kappa shape index (κ2) is 7.23. The highest BCUT2D eigenvalue weighted by atomic mass is 79.9. The number of benzene rings is 2. The van der Waals surface area contributed by atoms with Crippen LogP contribution in [-0.2, 0) is 32.3 Å². The highest BCUT2D eigenvalue weighted by Gasteiger charge is 2.50. The molecule has 0 aliphatic carbocycles. The molecule has 3 rings (SSSR count). The molecular weight excluding hydrogens is 413 g/mol. The van der Waals surface area contributed by atoms with Crippen molar-refractivity contribution in [1.82, 2.24) is 4.31 Å². The number of halogens is 2. The number of amides is 1. The molecule has 132 valence electrons. The van der Waals surface area contributed by atoms with E-state index in [2.05, 4.69) is 15.9 Å². The van der Waals surface area contributed by atoms with Crippen molar-refractivity contribution in [2.45, 2.75) is 19.1 Å². The third-order valence-electron chi connectivity index (χ3n) is 3.92. The molecule has 25 heavy (non-hydrogen) atoms. The normalized spacial score (nSPS) is 22.8. The van der Waals surface area contributed by atoms with Crippen LogP contribution in [0.15, 0.2) is 53.0 Å². The Morgan fingerprint density at radius 2 is 2.08 bits per heavy atom. The van der Waals surface area contributed by atoms with Crippen molar-refractivity contribution in [2.75, 3.05) is 6.61 Å². The number of hydrogen-bond acceptors (Lipinski definition) is 4. The van der Waals surface area contributed by atoms with Gasteiger partial charge in [0.25, 0.3) is 11.3 Å². The first kappa shape index (κ1) is 18.0. The van der Waals surface area contributed by atoms with Crippen LogP contribution in [0, 0.1) is 5.82 Å². The first-order valence-corrected chi connectivity index (χ1v) is 9.26. The van der Waals surface area contributed by atoms with E-state index in [1.807, 2.05) is 18.2 Å². The van der Waals surface area contributed by atoms with E-state index >= 15 is 0 Å². The lowest BCUT2D eigenvalue weighted by atomic mass is 9.92. The van der Waals surface area contributed by atoms with E-state index < -0.39 is 28.7 Å². The van der Waals surface area contributed by atoms with Crippen LogP contribution in [0.1, 0.15) is 18.1 Å². The molecule has 0 spiro atoms. The topological polar surface area (TPSA) is 55.8 Å². The van der Waals surface area contributed by atoms with Crippen LogP contribution in [-0.4, -0.2) is 21.2 Å². The molecule has 0 radical (unpaired) electrons. The Hall–Kier alpha value is -1.77. The van der Waals surface area contributed by atoms with E-state index in [0.717, 1.165) is 9.87 Å². The van der Waals surface area contributed by atoms with Crippen LogP contribution < -0.4 is 0 Å². The highest BCUT2D eigenvalue weighted by Crippen LogP contribution is 2.38. The van der Waals surface area contributed by atoms with Gasteiger partial charge in [-0.1, -0.05) is 46.3 Å². The van der Waals surface area contributed by atoms with Gasteiger partial charge in [0.15, 0.2) is 0 Å². The lowest BCUT2D eigenvalue weighted by Crippen LogP contribution is -2.45. The quantitative estimate of drug-likeness (QED) is 0.741. The summed E-state index contributed by atoms with van der Waals surface area (Å²) in [6, 6.07) is 13.5. The Kier molecular flexibility index (Phi) is 5.21. The SMILES string of the molecule is C[C@@]1(c2cc(Br)ccc2F)COS(=O)N1C(=O)OCc1ccccc1. The molecule has 0 saturated carbocycles. The third-order valence-corrected chi connectivity index (χ3v) is 5.58. The predicted octanol–water partition coefficient (Wildman–Crippen LogP) is 4.05. The summed E-state index contributed by atoms with van der Waals surface area (Å²) in [6.07, 6.45) is -0.832. The van der Waals surface area contributed by atoms with Gasteiger partial charge in [-0.3, -0.25) is 4.18 Å². The molecular formula is C17H15BrFNO4S. The molecule has 1 unspecified atom stereocenters. The lowest BCUT2D eigenvalue weighted by molar-refractivity contribution is 0.0945. The summed E-state index contributed by atoms with van der Waals surface area (Å²) in [5.74, 6) is -0.519. The molecule has 2 atom stereocenters. The number of ether oxygens (including phenoxy) is 1. The van der Waals surface area contributed by atoms with Crippen molar-refractivity contribution in [3.8, 4) is 0 Å². The van der Waals surface area contributed by atoms with E-state index in [9.17, 15) is 13.4 Å². The van der Waals surface area contributed by atoms with Crippen molar-refractivity contribution in [3.05, 3.63) is 69.9 Å². The first-order chi connectivity index (χ1) is 11.9. The summed E-state index contributed by atoms with van der Waals surface area (Å²) >= 11 is 1.23. The van der Waals surface area contributed by atoms with E-state index in [1.165, 1.54) is 6.07 Å². The highest BCUT2D eigenvalue weighted by molar-refractivity contribution is 9.10. The van der Waals surface area contributed by atoms with Crippen LogP contribution in [0.3, 0.4) is 0 Å². The van der Waals surface area contributed by atoms with Crippen LogP contribution in [0.4, 0.5) is 9.18 Å². The molecule has 1 heterocycles. The zero-order chi connectivity index (χ0) is 18.0. The average Bonchev–Trinajstić information content (AvgIpc) is 2.91. The first-order valence-electron chi connectivity index (χ1n) is 7.43. The van der Waals surface area contributed by atoms with Gasteiger partial charge in [0.2, 0.25) is 0 Å². The molecule has 0 N–H and O–H groups in total. The average molecular weight is 428 g/mol. The fourth-order valence-electron chi connectivity index (χ4n) is 2.58. The molecule has 1 saturated heterocycles. The number of hydrogen-bond donors (Lipinski definition) is 0. The maximum absolute atomic E-state index is 14.3. The minimum atomic E-state index is -2.06. The Labute approximate surface area is 155 Å². The van der Waals surface area contributed by atoms with Crippen molar-refractivity contribution in [3.63, 3.8) is 0 Å². The second-order valence-corrected chi connectivity index (χ2v) is 7.66. The van der Waals surface area contributed by atoms with E-state index in [4.69, 9.17) is 8.92 Å². The minimum absolute atomic E-state index is 0.0183. The fourth-order valence-corrected chi connectivity index (χ4v) is 4.03. The van der Waals surface area contributed by atoms with Crippen LogP contribution >= 0.6 is 15.9 Å². The minimum Gasteiger partial charge on any atom is -0.444 e. The summed E-state index contributed by atoms with van der Waals surface area (Å²) in [7, 11) is 0. The lowest BCUT2D eigenvalue weighted by Gasteiger charge is -2.30. The van der Waals surface area contributed by atoms with E-state index in [-0.39, 0.29) is 18.8 Å². The molecule has 0 aromatic heterocycles. The van der Waals surface area contributed by atoms with Crippen LogP contribution in [0.25, 0.3) is 0 Å². The van der Waals surface area contributed by atoms with Gasteiger partial charge in [-0.05, 0) is 30.7 Å². The van der Waals surface area contributed by atoms with Gasteiger partial charge >= 0.3 is 6.09 Å². The summed E-state index contributed by atoms with van der Waals surface area (Å²) < 4.78 is 38.5. The molecule has 2 aromatic rings. The van der Waals surface area contributed by atoms with Gasteiger partial charge in [-0.15, -0.1) is 0 Å². The summed E-state index contributed by atoms with van der Waals surface area (Å²) in [6.45, 7) is 1.50. The van der Waals surface area contributed by atoms with Crippen LogP contribution in [0.2, 0.25) is 0 Å². The summed E-state index contributed by atoms with van der Waals surface area (Å²) in [5, 5.41) is 0. The smallest absolute Gasteiger partial charge is 0.424 e. The van der Waals surface area contributed by atoms with Crippen LogP contribution in [0.5, 0.6) is 0 Å². The van der Waals surface area contributed by atoms with Gasteiger partial charge < -0.3 is 4.74 Å². The van der Waals surface area contributed by atoms with Crippen molar-refractivity contribution < 1.29 is 22.3 Å². The Balaban J connectivity index is 1.86. The molecule has 1 aliphatic rings. The zero-order valence-corrected chi connectivity index (χ0v) is 15.7. The maximum atomic E-state index is 14.3. The van der Waals surface area contributed by atoms with Gasteiger partial charge in [-0.25, -0.2) is 13.4 Å². The number of rotatable bonds is 3. The predicted molar refractivity (Wildman–Crippen MR) is 94.0 cm³/mol. The largest absolute Gasteiger partial charge is 0.444 e. The zero-order valence-electron chi connectivity index (χ0n) is 13.3. The standard InChI is InChI=1S/C17H15BrFNO4S/c1-17(14-9-13(18)7-8-15(14)19)11-24-25(22)20(17)16(21)23-10-12-5-3-2-4-6-12/h2-9H,10-11H2,1H3/t17-,25?/m0/s1.